The third kappa shape index (κ3) is 2.06. The second kappa shape index (κ2) is 4.44. The maximum absolute atomic E-state index is 11.8. The Balaban J connectivity index is 2.66. The van der Waals surface area contributed by atoms with Crippen LogP contribution in [-0.4, -0.2) is 23.0 Å². The quantitative estimate of drug-likeness (QED) is 0.750. The first-order valence-corrected chi connectivity index (χ1v) is 5.90. The molecule has 0 saturated heterocycles. The van der Waals surface area contributed by atoms with Crippen molar-refractivity contribution in [2.24, 2.45) is 17.3 Å². The van der Waals surface area contributed by atoms with Crippen LogP contribution >= 0.6 is 0 Å². The summed E-state index contributed by atoms with van der Waals surface area (Å²) in [6.45, 7) is 7.65. The summed E-state index contributed by atoms with van der Waals surface area (Å²) in [5, 5.41) is 12.1. The molecule has 92 valence electrons. The lowest BCUT2D eigenvalue weighted by Crippen LogP contribution is -2.37. The van der Waals surface area contributed by atoms with E-state index in [1.807, 2.05) is 27.7 Å². The topological polar surface area (TPSA) is 66.4 Å². The molecule has 0 spiro atoms. The van der Waals surface area contributed by atoms with Gasteiger partial charge < -0.3 is 10.4 Å². The Morgan fingerprint density at radius 3 is 2.31 bits per heavy atom. The second-order valence-electron chi connectivity index (χ2n) is 5.07. The molecule has 0 aromatic heterocycles. The van der Waals surface area contributed by atoms with Crippen molar-refractivity contribution in [3.63, 3.8) is 0 Å². The minimum absolute atomic E-state index is 0.00215. The summed E-state index contributed by atoms with van der Waals surface area (Å²) in [6, 6.07) is 0.117. The number of amides is 1. The fourth-order valence-corrected chi connectivity index (χ4v) is 2.17. The molecular formula is C12H21NO3. The molecule has 0 aromatic rings. The van der Waals surface area contributed by atoms with Crippen LogP contribution in [0.4, 0.5) is 0 Å². The Kier molecular flexibility index (Phi) is 3.61. The third-order valence-corrected chi connectivity index (χ3v) is 3.75. The summed E-state index contributed by atoms with van der Waals surface area (Å²) in [6.07, 6.45) is 1.34. The number of hydrogen-bond donors (Lipinski definition) is 2. The van der Waals surface area contributed by atoms with Gasteiger partial charge in [-0.05, 0) is 25.7 Å². The largest absolute Gasteiger partial charge is 0.481 e. The van der Waals surface area contributed by atoms with Crippen molar-refractivity contribution in [1.82, 2.24) is 5.32 Å². The van der Waals surface area contributed by atoms with Crippen molar-refractivity contribution in [3.8, 4) is 0 Å². The van der Waals surface area contributed by atoms with E-state index in [1.165, 1.54) is 0 Å². The summed E-state index contributed by atoms with van der Waals surface area (Å²) in [5.41, 5.74) is -0.822. The number of nitrogens with one attached hydrogen (secondary N) is 1. The van der Waals surface area contributed by atoms with Crippen molar-refractivity contribution in [2.75, 3.05) is 0 Å². The van der Waals surface area contributed by atoms with Crippen molar-refractivity contribution in [3.05, 3.63) is 0 Å². The summed E-state index contributed by atoms with van der Waals surface area (Å²) >= 11 is 0. The van der Waals surface area contributed by atoms with Gasteiger partial charge in [-0.15, -0.1) is 0 Å². The highest BCUT2D eigenvalue weighted by atomic mass is 16.4. The zero-order valence-electron chi connectivity index (χ0n) is 10.4. The first kappa shape index (κ1) is 13.0. The van der Waals surface area contributed by atoms with E-state index in [9.17, 15) is 14.7 Å². The molecule has 0 heterocycles. The SMILES string of the molecule is CCC(C)NC(=O)C1CC1(C(=O)O)C(C)C. The Morgan fingerprint density at radius 2 is 2.00 bits per heavy atom. The summed E-state index contributed by atoms with van der Waals surface area (Å²) < 4.78 is 0. The van der Waals surface area contributed by atoms with Crippen LogP contribution in [0.2, 0.25) is 0 Å². The summed E-state index contributed by atoms with van der Waals surface area (Å²) in [4.78, 5) is 23.0. The average molecular weight is 227 g/mol. The first-order valence-electron chi connectivity index (χ1n) is 5.90. The lowest BCUT2D eigenvalue weighted by atomic mass is 9.89. The molecule has 1 aliphatic rings. The van der Waals surface area contributed by atoms with E-state index in [1.54, 1.807) is 0 Å². The standard InChI is InChI=1S/C12H21NO3/c1-5-8(4)13-10(14)9-6-12(9,7(2)3)11(15)16/h7-9H,5-6H2,1-4H3,(H,13,14)(H,15,16). The fourth-order valence-electron chi connectivity index (χ4n) is 2.17. The number of carbonyl (C=O) groups is 2. The van der Waals surface area contributed by atoms with Gasteiger partial charge in [0.2, 0.25) is 5.91 Å². The minimum atomic E-state index is -0.841. The first-order chi connectivity index (χ1) is 7.36. The number of carboxylic acid groups (broad SMARTS) is 1. The van der Waals surface area contributed by atoms with Crippen LogP contribution < -0.4 is 5.32 Å². The van der Waals surface area contributed by atoms with E-state index in [0.29, 0.717) is 6.42 Å². The van der Waals surface area contributed by atoms with Crippen molar-refractivity contribution in [2.45, 2.75) is 46.6 Å². The molecule has 1 aliphatic carbocycles. The van der Waals surface area contributed by atoms with E-state index in [-0.39, 0.29) is 23.8 Å². The molecule has 2 N–H and O–H groups in total. The van der Waals surface area contributed by atoms with Gasteiger partial charge in [0.1, 0.15) is 0 Å². The van der Waals surface area contributed by atoms with Gasteiger partial charge in [-0.1, -0.05) is 20.8 Å². The molecule has 1 amide bonds. The van der Waals surface area contributed by atoms with Crippen LogP contribution in [0.1, 0.15) is 40.5 Å². The van der Waals surface area contributed by atoms with Crippen molar-refractivity contribution < 1.29 is 14.7 Å². The maximum Gasteiger partial charge on any atom is 0.310 e. The molecule has 1 rings (SSSR count). The number of carboxylic acids is 1. The average Bonchev–Trinajstić information content (AvgIpc) is 2.93. The van der Waals surface area contributed by atoms with Gasteiger partial charge in [-0.3, -0.25) is 9.59 Å². The van der Waals surface area contributed by atoms with Gasteiger partial charge in [0.15, 0.2) is 0 Å². The number of aliphatic carboxylic acids is 1. The van der Waals surface area contributed by atoms with Gasteiger partial charge in [0, 0.05) is 6.04 Å². The Morgan fingerprint density at radius 1 is 1.44 bits per heavy atom. The highest BCUT2D eigenvalue weighted by molar-refractivity contribution is 5.93. The molecule has 1 fully saturated rings. The maximum atomic E-state index is 11.8. The molecule has 0 aromatic carbocycles. The lowest BCUT2D eigenvalue weighted by molar-refractivity contribution is -0.147. The molecule has 0 bridgehead atoms. The fraction of sp³-hybridized carbons (Fsp3) is 0.833. The highest BCUT2D eigenvalue weighted by Crippen LogP contribution is 2.58. The Bertz CT molecular complexity index is 301. The molecule has 4 heteroatoms. The monoisotopic (exact) mass is 227 g/mol. The van der Waals surface area contributed by atoms with Crippen LogP contribution in [0.25, 0.3) is 0 Å². The van der Waals surface area contributed by atoms with Crippen molar-refractivity contribution in [1.29, 1.82) is 0 Å². The van der Waals surface area contributed by atoms with E-state index in [2.05, 4.69) is 5.32 Å². The van der Waals surface area contributed by atoms with Crippen LogP contribution in [0, 0.1) is 17.3 Å². The zero-order chi connectivity index (χ0) is 12.5. The number of hydrogen-bond acceptors (Lipinski definition) is 2. The second-order valence-corrected chi connectivity index (χ2v) is 5.07. The molecule has 0 radical (unpaired) electrons. The van der Waals surface area contributed by atoms with Crippen LogP contribution in [0.15, 0.2) is 0 Å². The van der Waals surface area contributed by atoms with Gasteiger partial charge in [-0.25, -0.2) is 0 Å². The summed E-state index contributed by atoms with van der Waals surface area (Å²) in [5.74, 6) is -1.30. The molecule has 3 unspecified atom stereocenters. The van der Waals surface area contributed by atoms with E-state index < -0.39 is 11.4 Å². The van der Waals surface area contributed by atoms with Gasteiger partial charge in [-0.2, -0.15) is 0 Å². The van der Waals surface area contributed by atoms with E-state index in [0.717, 1.165) is 6.42 Å². The summed E-state index contributed by atoms with van der Waals surface area (Å²) in [7, 11) is 0. The van der Waals surface area contributed by atoms with Crippen molar-refractivity contribution >= 4 is 11.9 Å². The van der Waals surface area contributed by atoms with Gasteiger partial charge in [0.05, 0.1) is 11.3 Å². The zero-order valence-corrected chi connectivity index (χ0v) is 10.4. The van der Waals surface area contributed by atoms with Crippen LogP contribution in [0.3, 0.4) is 0 Å². The lowest BCUT2D eigenvalue weighted by Gasteiger charge is -2.17. The van der Waals surface area contributed by atoms with E-state index in [4.69, 9.17) is 0 Å². The Labute approximate surface area is 96.4 Å². The number of rotatable bonds is 5. The molecule has 1 saturated carbocycles. The van der Waals surface area contributed by atoms with Gasteiger partial charge in [0.25, 0.3) is 0 Å². The Hall–Kier alpha value is -1.06. The van der Waals surface area contributed by atoms with E-state index >= 15 is 0 Å². The molecule has 4 nitrogen and oxygen atoms in total. The number of carbonyl (C=O) groups excluding carboxylic acids is 1. The van der Waals surface area contributed by atoms with Crippen LogP contribution in [-0.2, 0) is 9.59 Å². The van der Waals surface area contributed by atoms with Gasteiger partial charge >= 0.3 is 5.97 Å². The predicted octanol–water partition coefficient (Wildman–Crippen LogP) is 1.65. The smallest absolute Gasteiger partial charge is 0.310 e. The van der Waals surface area contributed by atoms with Crippen LogP contribution in [0.5, 0.6) is 0 Å². The molecular weight excluding hydrogens is 206 g/mol. The highest BCUT2D eigenvalue weighted by Gasteiger charge is 2.65. The predicted molar refractivity (Wildman–Crippen MR) is 60.9 cm³/mol. The molecule has 0 aliphatic heterocycles. The molecule has 16 heavy (non-hydrogen) atoms. The minimum Gasteiger partial charge on any atom is -0.481 e. The molecule has 3 atom stereocenters. The third-order valence-electron chi connectivity index (χ3n) is 3.75. The normalized spacial score (nSPS) is 29.9.